The number of carbonyl (C=O) groups excluding carboxylic acids is 1. The van der Waals surface area contributed by atoms with Crippen LogP contribution < -0.4 is 5.32 Å². The molecule has 0 aliphatic carbocycles. The third-order valence-corrected chi connectivity index (χ3v) is 4.81. The largest absolute Gasteiger partial charge is 0.350 e. The highest BCUT2D eigenvalue weighted by molar-refractivity contribution is 7.13. The molecule has 1 amide bonds. The highest BCUT2D eigenvalue weighted by Crippen LogP contribution is 2.15. The van der Waals surface area contributed by atoms with Crippen LogP contribution in [0.4, 0.5) is 0 Å². The molecule has 0 unspecified atom stereocenters. The Labute approximate surface area is 119 Å². The second kappa shape index (κ2) is 7.01. The van der Waals surface area contributed by atoms with Crippen molar-refractivity contribution in [2.45, 2.75) is 33.1 Å². The van der Waals surface area contributed by atoms with E-state index in [1.807, 2.05) is 0 Å². The van der Waals surface area contributed by atoms with Gasteiger partial charge in [-0.05, 0) is 38.3 Å². The Balaban J connectivity index is 1.69. The number of carbonyl (C=O) groups is 1. The van der Waals surface area contributed by atoms with Gasteiger partial charge in [0, 0.05) is 13.1 Å². The van der Waals surface area contributed by atoms with Crippen molar-refractivity contribution in [3.8, 4) is 0 Å². The molecule has 1 aliphatic heterocycles. The third-order valence-electron chi connectivity index (χ3n) is 3.67. The van der Waals surface area contributed by atoms with Crippen LogP contribution >= 0.6 is 11.3 Å². The SMILES string of the molecule is CCc1ncc(C(=O)NCCN2CCC(C)CC2)s1. The molecular formula is C14H23N3OS. The van der Waals surface area contributed by atoms with Crippen LogP contribution in [0.3, 0.4) is 0 Å². The van der Waals surface area contributed by atoms with Crippen molar-refractivity contribution in [2.75, 3.05) is 26.2 Å². The Morgan fingerprint density at radius 3 is 2.89 bits per heavy atom. The van der Waals surface area contributed by atoms with Gasteiger partial charge in [-0.3, -0.25) is 4.79 Å². The highest BCUT2D eigenvalue weighted by Gasteiger charge is 2.15. The van der Waals surface area contributed by atoms with Gasteiger partial charge in [0.2, 0.25) is 0 Å². The first kappa shape index (κ1) is 14.5. The molecule has 1 saturated heterocycles. The van der Waals surface area contributed by atoms with E-state index < -0.39 is 0 Å². The number of likely N-dealkylation sites (tertiary alicyclic amines) is 1. The lowest BCUT2D eigenvalue weighted by Crippen LogP contribution is -2.39. The molecule has 5 heteroatoms. The Bertz CT molecular complexity index is 411. The Morgan fingerprint density at radius 1 is 1.53 bits per heavy atom. The molecule has 2 rings (SSSR count). The summed E-state index contributed by atoms with van der Waals surface area (Å²) in [5, 5.41) is 4.01. The zero-order valence-corrected chi connectivity index (χ0v) is 12.6. The second-order valence-electron chi connectivity index (χ2n) is 5.25. The van der Waals surface area contributed by atoms with Gasteiger partial charge in [-0.15, -0.1) is 11.3 Å². The van der Waals surface area contributed by atoms with Crippen molar-refractivity contribution in [3.63, 3.8) is 0 Å². The number of nitrogens with zero attached hydrogens (tertiary/aromatic N) is 2. The molecule has 0 bridgehead atoms. The number of rotatable bonds is 5. The zero-order chi connectivity index (χ0) is 13.7. The van der Waals surface area contributed by atoms with Gasteiger partial charge in [-0.25, -0.2) is 4.98 Å². The van der Waals surface area contributed by atoms with E-state index in [9.17, 15) is 4.79 Å². The number of amides is 1. The summed E-state index contributed by atoms with van der Waals surface area (Å²) >= 11 is 1.49. The minimum atomic E-state index is 0.0163. The molecule has 1 fully saturated rings. The molecule has 0 saturated carbocycles. The Morgan fingerprint density at radius 2 is 2.26 bits per heavy atom. The van der Waals surface area contributed by atoms with Gasteiger partial charge in [0.25, 0.3) is 5.91 Å². The predicted octanol–water partition coefficient (Wildman–Crippen LogP) is 2.17. The fourth-order valence-corrected chi connectivity index (χ4v) is 3.05. The number of aryl methyl sites for hydroxylation is 1. The zero-order valence-electron chi connectivity index (χ0n) is 11.8. The van der Waals surface area contributed by atoms with Crippen molar-refractivity contribution in [2.24, 2.45) is 5.92 Å². The molecule has 1 aromatic rings. The van der Waals surface area contributed by atoms with Gasteiger partial charge in [0.15, 0.2) is 0 Å². The van der Waals surface area contributed by atoms with Crippen molar-refractivity contribution >= 4 is 17.2 Å². The fourth-order valence-electron chi connectivity index (χ4n) is 2.28. The van der Waals surface area contributed by atoms with Crippen LogP contribution in [-0.4, -0.2) is 42.0 Å². The molecule has 1 N–H and O–H groups in total. The highest BCUT2D eigenvalue weighted by atomic mass is 32.1. The number of nitrogens with one attached hydrogen (secondary N) is 1. The summed E-state index contributed by atoms with van der Waals surface area (Å²) in [4.78, 5) is 19.3. The lowest BCUT2D eigenvalue weighted by atomic mass is 9.99. The summed E-state index contributed by atoms with van der Waals surface area (Å²) in [7, 11) is 0. The lowest BCUT2D eigenvalue weighted by molar-refractivity contribution is 0.0948. The average Bonchev–Trinajstić information content (AvgIpc) is 2.90. The topological polar surface area (TPSA) is 45.2 Å². The summed E-state index contributed by atoms with van der Waals surface area (Å²) in [6, 6.07) is 0. The molecular weight excluding hydrogens is 258 g/mol. The van der Waals surface area contributed by atoms with Crippen molar-refractivity contribution in [3.05, 3.63) is 16.1 Å². The monoisotopic (exact) mass is 281 g/mol. The van der Waals surface area contributed by atoms with Gasteiger partial charge in [0.05, 0.1) is 11.2 Å². The Kier molecular flexibility index (Phi) is 5.34. The summed E-state index contributed by atoms with van der Waals surface area (Å²) < 4.78 is 0. The molecule has 0 atom stereocenters. The molecule has 2 heterocycles. The average molecular weight is 281 g/mol. The molecule has 106 valence electrons. The molecule has 1 aromatic heterocycles. The summed E-state index contributed by atoms with van der Waals surface area (Å²) in [6.07, 6.45) is 5.14. The van der Waals surface area contributed by atoms with Crippen molar-refractivity contribution in [1.29, 1.82) is 0 Å². The normalized spacial score (nSPS) is 17.6. The van der Waals surface area contributed by atoms with E-state index in [1.165, 1.54) is 24.2 Å². The van der Waals surface area contributed by atoms with Crippen molar-refractivity contribution in [1.82, 2.24) is 15.2 Å². The lowest BCUT2D eigenvalue weighted by Gasteiger charge is -2.30. The second-order valence-corrected chi connectivity index (χ2v) is 6.37. The molecule has 4 nitrogen and oxygen atoms in total. The summed E-state index contributed by atoms with van der Waals surface area (Å²) in [6.45, 7) is 8.38. The number of aromatic nitrogens is 1. The van der Waals surface area contributed by atoms with Gasteiger partial charge < -0.3 is 10.2 Å². The number of hydrogen-bond acceptors (Lipinski definition) is 4. The van der Waals surface area contributed by atoms with Crippen LogP contribution in [0.25, 0.3) is 0 Å². The minimum absolute atomic E-state index is 0.0163. The van der Waals surface area contributed by atoms with Crippen molar-refractivity contribution < 1.29 is 4.79 Å². The van der Waals surface area contributed by atoms with Crippen LogP contribution in [0.2, 0.25) is 0 Å². The maximum atomic E-state index is 11.9. The quantitative estimate of drug-likeness (QED) is 0.899. The van der Waals surface area contributed by atoms with Crippen LogP contribution in [0.15, 0.2) is 6.20 Å². The standard InChI is InChI=1S/C14H23N3OS/c1-3-13-16-10-12(19-13)14(18)15-6-9-17-7-4-11(2)5-8-17/h10-11H,3-9H2,1-2H3,(H,15,18). The first-order chi connectivity index (χ1) is 9.19. The number of hydrogen-bond donors (Lipinski definition) is 1. The van der Waals surface area contributed by atoms with Gasteiger partial charge >= 0.3 is 0 Å². The maximum absolute atomic E-state index is 11.9. The minimum Gasteiger partial charge on any atom is -0.350 e. The maximum Gasteiger partial charge on any atom is 0.263 e. The van der Waals surface area contributed by atoms with E-state index in [4.69, 9.17) is 0 Å². The van der Waals surface area contributed by atoms with Gasteiger partial charge in [0.1, 0.15) is 4.88 Å². The molecule has 1 aliphatic rings. The fraction of sp³-hybridized carbons (Fsp3) is 0.714. The number of piperidine rings is 1. The van der Waals surface area contributed by atoms with E-state index in [1.54, 1.807) is 6.20 Å². The summed E-state index contributed by atoms with van der Waals surface area (Å²) in [5.41, 5.74) is 0. The van der Waals surface area contributed by atoms with Gasteiger partial charge in [-0.2, -0.15) is 0 Å². The van der Waals surface area contributed by atoms with E-state index >= 15 is 0 Å². The van der Waals surface area contributed by atoms with E-state index in [-0.39, 0.29) is 5.91 Å². The first-order valence-electron chi connectivity index (χ1n) is 7.14. The van der Waals surface area contributed by atoms with E-state index in [0.717, 1.165) is 48.4 Å². The third kappa shape index (κ3) is 4.28. The van der Waals surface area contributed by atoms with Crippen LogP contribution in [0.1, 0.15) is 41.4 Å². The summed E-state index contributed by atoms with van der Waals surface area (Å²) in [5.74, 6) is 0.873. The van der Waals surface area contributed by atoms with E-state index in [0.29, 0.717) is 0 Å². The van der Waals surface area contributed by atoms with E-state index in [2.05, 4.69) is 29.0 Å². The number of thiazole rings is 1. The molecule has 19 heavy (non-hydrogen) atoms. The molecule has 0 aromatic carbocycles. The van der Waals surface area contributed by atoms with Crippen LogP contribution in [-0.2, 0) is 6.42 Å². The molecule has 0 spiro atoms. The predicted molar refractivity (Wildman–Crippen MR) is 78.7 cm³/mol. The van der Waals surface area contributed by atoms with Crippen LogP contribution in [0, 0.1) is 5.92 Å². The van der Waals surface area contributed by atoms with Crippen LogP contribution in [0.5, 0.6) is 0 Å². The first-order valence-corrected chi connectivity index (χ1v) is 7.96. The molecule has 0 radical (unpaired) electrons. The van der Waals surface area contributed by atoms with Gasteiger partial charge in [-0.1, -0.05) is 13.8 Å². The smallest absolute Gasteiger partial charge is 0.263 e. The Hall–Kier alpha value is -0.940.